The highest BCUT2D eigenvalue weighted by Crippen LogP contribution is 2.30. The van der Waals surface area contributed by atoms with E-state index in [2.05, 4.69) is 28.3 Å². The van der Waals surface area contributed by atoms with Gasteiger partial charge in [0.1, 0.15) is 16.2 Å². The Labute approximate surface area is 120 Å². The largest absolute Gasteiger partial charge is 0.354 e. The Hall–Kier alpha value is -1.18. The molecular weight excluding hydrogens is 280 g/mol. The predicted molar refractivity (Wildman–Crippen MR) is 79.6 cm³/mol. The highest BCUT2D eigenvalue weighted by Gasteiger charge is 2.10. The van der Waals surface area contributed by atoms with Crippen molar-refractivity contribution in [1.29, 1.82) is 0 Å². The zero-order valence-electron chi connectivity index (χ0n) is 10.7. The fourth-order valence-electron chi connectivity index (χ4n) is 1.57. The number of amides is 1. The van der Waals surface area contributed by atoms with E-state index in [9.17, 15) is 4.79 Å². The second kappa shape index (κ2) is 6.83. The van der Waals surface area contributed by atoms with E-state index < -0.39 is 0 Å². The van der Waals surface area contributed by atoms with Crippen LogP contribution >= 0.6 is 23.1 Å². The van der Waals surface area contributed by atoms with E-state index in [0.717, 1.165) is 21.7 Å². The molecule has 0 aliphatic heterocycles. The van der Waals surface area contributed by atoms with Crippen LogP contribution in [0.15, 0.2) is 17.4 Å². The Bertz CT molecular complexity index is 570. The van der Waals surface area contributed by atoms with Crippen LogP contribution < -0.4 is 11.1 Å². The fourth-order valence-corrected chi connectivity index (χ4v) is 3.37. The molecule has 0 aromatic carbocycles. The number of hydrogen-bond acceptors (Lipinski definition) is 6. The van der Waals surface area contributed by atoms with Crippen molar-refractivity contribution in [2.45, 2.75) is 18.4 Å². The van der Waals surface area contributed by atoms with E-state index in [1.807, 2.05) is 0 Å². The van der Waals surface area contributed by atoms with Crippen molar-refractivity contribution in [3.05, 3.63) is 17.3 Å². The predicted octanol–water partition coefficient (Wildman–Crippen LogP) is 1.42. The number of carbonyl (C=O) groups excluding carboxylic acids is 1. The molecule has 102 valence electrons. The lowest BCUT2D eigenvalue weighted by molar-refractivity contribution is -0.118. The molecule has 0 bridgehead atoms. The van der Waals surface area contributed by atoms with Gasteiger partial charge in [-0.05, 0) is 12.5 Å². The van der Waals surface area contributed by atoms with Crippen molar-refractivity contribution in [1.82, 2.24) is 15.3 Å². The molecule has 0 aliphatic carbocycles. The van der Waals surface area contributed by atoms with E-state index in [0.29, 0.717) is 18.8 Å². The van der Waals surface area contributed by atoms with Crippen LogP contribution in [0.2, 0.25) is 0 Å². The summed E-state index contributed by atoms with van der Waals surface area (Å²) in [4.78, 5) is 22.3. The van der Waals surface area contributed by atoms with Gasteiger partial charge in [-0.2, -0.15) is 0 Å². The normalized spacial score (nSPS) is 10.8. The van der Waals surface area contributed by atoms with Gasteiger partial charge in [0.2, 0.25) is 5.91 Å². The summed E-state index contributed by atoms with van der Waals surface area (Å²) >= 11 is 3.11. The molecule has 0 unspecified atom stereocenters. The van der Waals surface area contributed by atoms with Crippen LogP contribution in [0.1, 0.15) is 11.8 Å². The fraction of sp³-hybridized carbons (Fsp3) is 0.417. The quantitative estimate of drug-likeness (QED) is 0.622. The zero-order chi connectivity index (χ0) is 13.7. The number of carbonyl (C=O) groups is 1. The average Bonchev–Trinajstić information content (AvgIpc) is 2.86. The first-order chi connectivity index (χ1) is 9.24. The van der Waals surface area contributed by atoms with Crippen molar-refractivity contribution < 1.29 is 4.79 Å². The molecule has 0 spiro atoms. The second-order valence-corrected chi connectivity index (χ2v) is 5.97. The van der Waals surface area contributed by atoms with Crippen LogP contribution in [-0.2, 0) is 11.2 Å². The molecule has 2 aromatic rings. The summed E-state index contributed by atoms with van der Waals surface area (Å²) < 4.78 is 0. The van der Waals surface area contributed by atoms with E-state index in [-0.39, 0.29) is 5.91 Å². The van der Waals surface area contributed by atoms with Crippen LogP contribution in [0.25, 0.3) is 10.2 Å². The van der Waals surface area contributed by atoms with Crippen LogP contribution in [0.3, 0.4) is 0 Å². The molecule has 5 nitrogen and oxygen atoms in total. The van der Waals surface area contributed by atoms with Crippen molar-refractivity contribution in [3.8, 4) is 0 Å². The lowest BCUT2D eigenvalue weighted by Crippen LogP contribution is -2.30. The van der Waals surface area contributed by atoms with E-state index in [1.54, 1.807) is 17.7 Å². The molecular formula is C12H16N4OS2. The van der Waals surface area contributed by atoms with Gasteiger partial charge in [-0.15, -0.1) is 11.3 Å². The Morgan fingerprint density at radius 1 is 1.53 bits per heavy atom. The number of nitrogens with one attached hydrogen (secondary N) is 1. The smallest absolute Gasteiger partial charge is 0.230 e. The molecule has 0 fully saturated rings. The number of thiophene rings is 1. The molecule has 7 heteroatoms. The van der Waals surface area contributed by atoms with Gasteiger partial charge in [-0.1, -0.05) is 18.7 Å². The van der Waals surface area contributed by atoms with Crippen LogP contribution in [-0.4, -0.2) is 34.7 Å². The van der Waals surface area contributed by atoms with Crippen molar-refractivity contribution in [2.75, 3.05) is 18.8 Å². The highest BCUT2D eigenvalue weighted by atomic mass is 32.2. The minimum absolute atomic E-state index is 0.0202. The van der Waals surface area contributed by atoms with E-state index >= 15 is 0 Å². The van der Waals surface area contributed by atoms with Crippen LogP contribution in [0.4, 0.5) is 0 Å². The molecule has 0 aliphatic rings. The molecule has 0 saturated heterocycles. The van der Waals surface area contributed by atoms with Gasteiger partial charge in [0.05, 0.1) is 5.75 Å². The first-order valence-electron chi connectivity index (χ1n) is 6.07. The minimum atomic E-state index is -0.0202. The molecule has 2 aromatic heterocycles. The van der Waals surface area contributed by atoms with Crippen molar-refractivity contribution in [2.24, 2.45) is 5.73 Å². The Balaban J connectivity index is 2.07. The lowest BCUT2D eigenvalue weighted by Gasteiger charge is -2.03. The van der Waals surface area contributed by atoms with Gasteiger partial charge in [0.15, 0.2) is 0 Å². The summed E-state index contributed by atoms with van der Waals surface area (Å²) in [6, 6.07) is 2.11. The Morgan fingerprint density at radius 2 is 2.37 bits per heavy atom. The van der Waals surface area contributed by atoms with E-state index in [4.69, 9.17) is 5.73 Å². The summed E-state index contributed by atoms with van der Waals surface area (Å²) in [5.74, 6) is 0.330. The first-order valence-corrected chi connectivity index (χ1v) is 7.87. The second-order valence-electron chi connectivity index (χ2n) is 3.89. The third-order valence-corrected chi connectivity index (χ3v) is 4.69. The Morgan fingerprint density at radius 3 is 3.11 bits per heavy atom. The van der Waals surface area contributed by atoms with Crippen molar-refractivity contribution >= 4 is 39.2 Å². The number of hydrogen-bond donors (Lipinski definition) is 2. The molecule has 19 heavy (non-hydrogen) atoms. The van der Waals surface area contributed by atoms with Gasteiger partial charge in [-0.3, -0.25) is 4.79 Å². The molecule has 0 saturated carbocycles. The SMILES string of the molecule is CCc1cc2c(SCC(=O)NCCN)ncnc2s1. The van der Waals surface area contributed by atoms with Crippen LogP contribution in [0.5, 0.6) is 0 Å². The maximum atomic E-state index is 11.5. The highest BCUT2D eigenvalue weighted by molar-refractivity contribution is 8.00. The number of rotatable bonds is 6. The monoisotopic (exact) mass is 296 g/mol. The standard InChI is InChI=1S/C12H16N4OS2/c1-2-8-5-9-11(15-7-16-12(9)19-8)18-6-10(17)14-4-3-13/h5,7H,2-4,6,13H2,1H3,(H,14,17). The summed E-state index contributed by atoms with van der Waals surface area (Å²) in [5.41, 5.74) is 5.34. The zero-order valence-corrected chi connectivity index (χ0v) is 12.3. The summed E-state index contributed by atoms with van der Waals surface area (Å²) in [6.45, 7) is 3.08. The van der Waals surface area contributed by atoms with Gasteiger partial charge < -0.3 is 11.1 Å². The molecule has 3 N–H and O–H groups in total. The van der Waals surface area contributed by atoms with Gasteiger partial charge in [0, 0.05) is 23.4 Å². The molecule has 1 amide bonds. The first kappa shape index (κ1) is 14.2. The topological polar surface area (TPSA) is 80.9 Å². The summed E-state index contributed by atoms with van der Waals surface area (Å²) in [7, 11) is 0. The van der Waals surface area contributed by atoms with Crippen LogP contribution in [0, 0.1) is 0 Å². The van der Waals surface area contributed by atoms with Gasteiger partial charge >= 0.3 is 0 Å². The number of fused-ring (bicyclic) bond motifs is 1. The number of aromatic nitrogens is 2. The molecule has 2 heterocycles. The average molecular weight is 296 g/mol. The number of nitrogens with zero attached hydrogens (tertiary/aromatic N) is 2. The number of aryl methyl sites for hydroxylation is 1. The third-order valence-electron chi connectivity index (χ3n) is 2.50. The minimum Gasteiger partial charge on any atom is -0.354 e. The maximum Gasteiger partial charge on any atom is 0.230 e. The maximum absolute atomic E-state index is 11.5. The Kier molecular flexibility index (Phi) is 5.12. The summed E-state index contributed by atoms with van der Waals surface area (Å²) in [5, 5.41) is 4.65. The molecule has 0 radical (unpaired) electrons. The lowest BCUT2D eigenvalue weighted by atomic mass is 10.3. The van der Waals surface area contributed by atoms with E-state index in [1.165, 1.54) is 16.6 Å². The molecule has 2 rings (SSSR count). The number of thioether (sulfide) groups is 1. The molecule has 0 atom stereocenters. The van der Waals surface area contributed by atoms with Gasteiger partial charge in [-0.25, -0.2) is 9.97 Å². The number of nitrogens with two attached hydrogens (primary N) is 1. The summed E-state index contributed by atoms with van der Waals surface area (Å²) in [6.07, 6.45) is 2.54. The van der Waals surface area contributed by atoms with Gasteiger partial charge in [0.25, 0.3) is 0 Å². The third kappa shape index (κ3) is 3.65. The van der Waals surface area contributed by atoms with Crippen molar-refractivity contribution in [3.63, 3.8) is 0 Å².